The average Bonchev–Trinajstić information content (AvgIpc) is 2.71. The molecule has 1 aromatic carbocycles. The van der Waals surface area contributed by atoms with Crippen molar-refractivity contribution in [2.24, 2.45) is 0 Å². The lowest BCUT2D eigenvalue weighted by molar-refractivity contribution is -0.108. The fraction of sp³-hybridized carbons (Fsp3) is 0.188. The van der Waals surface area contributed by atoms with Gasteiger partial charge in [-0.15, -0.1) is 0 Å². The van der Waals surface area contributed by atoms with E-state index in [2.05, 4.69) is 12.1 Å². The summed E-state index contributed by atoms with van der Waals surface area (Å²) in [5.74, 6) is 0. The first-order valence-electron chi connectivity index (χ1n) is 6.18. The van der Waals surface area contributed by atoms with Crippen molar-refractivity contribution in [3.8, 4) is 23.3 Å². The van der Waals surface area contributed by atoms with Crippen LogP contribution in [-0.2, 0) is 11.3 Å². The van der Waals surface area contributed by atoms with E-state index in [9.17, 15) is 10.1 Å². The molecule has 4 heteroatoms. The lowest BCUT2D eigenvalue weighted by atomic mass is 10.0. The zero-order valence-electron chi connectivity index (χ0n) is 11.3. The Hall–Kier alpha value is -2.85. The Morgan fingerprint density at radius 1 is 1.10 bits per heavy atom. The van der Waals surface area contributed by atoms with Gasteiger partial charge in [0.15, 0.2) is 0 Å². The Kier molecular flexibility index (Phi) is 3.68. The molecule has 0 saturated heterocycles. The number of carbonyl (C=O) groups is 1. The monoisotopic (exact) mass is 263 g/mol. The minimum absolute atomic E-state index is 0.239. The summed E-state index contributed by atoms with van der Waals surface area (Å²) in [5, 5.41) is 18.2. The van der Waals surface area contributed by atoms with Gasteiger partial charge in [-0.25, -0.2) is 0 Å². The van der Waals surface area contributed by atoms with Crippen molar-refractivity contribution < 1.29 is 4.79 Å². The summed E-state index contributed by atoms with van der Waals surface area (Å²) in [6, 6.07) is 11.4. The van der Waals surface area contributed by atoms with Crippen molar-refractivity contribution in [2.45, 2.75) is 20.4 Å². The molecule has 0 radical (unpaired) electrons. The summed E-state index contributed by atoms with van der Waals surface area (Å²) in [7, 11) is 0. The quantitative estimate of drug-likeness (QED) is 0.799. The zero-order chi connectivity index (χ0) is 14.7. The second-order valence-corrected chi connectivity index (χ2v) is 4.50. The first-order valence-corrected chi connectivity index (χ1v) is 6.18. The van der Waals surface area contributed by atoms with Crippen LogP contribution in [0.25, 0.3) is 11.1 Å². The van der Waals surface area contributed by atoms with E-state index >= 15 is 0 Å². The smallest absolute Gasteiger partial charge is 0.139 e. The van der Waals surface area contributed by atoms with Gasteiger partial charge in [0.05, 0.1) is 23.7 Å². The van der Waals surface area contributed by atoms with Gasteiger partial charge in [-0.3, -0.25) is 0 Å². The van der Waals surface area contributed by atoms with Crippen LogP contribution in [0.5, 0.6) is 0 Å². The molecule has 0 N–H and O–H groups in total. The highest BCUT2D eigenvalue weighted by atomic mass is 16.1. The van der Waals surface area contributed by atoms with Gasteiger partial charge in [0.2, 0.25) is 0 Å². The number of nitrogens with zero attached hydrogens (tertiary/aromatic N) is 3. The van der Waals surface area contributed by atoms with Crippen LogP contribution >= 0.6 is 0 Å². The standard InChI is InChI=1S/C16H13N3O/c1-11-15(10-18)16(12(2)19(11)7-8-20)14-5-3-13(9-17)4-6-14/h3-6,8H,7H2,1-2H3. The van der Waals surface area contributed by atoms with Crippen LogP contribution in [-0.4, -0.2) is 10.9 Å². The molecule has 1 aromatic heterocycles. The van der Waals surface area contributed by atoms with E-state index in [1.807, 2.05) is 30.5 Å². The highest BCUT2D eigenvalue weighted by Gasteiger charge is 2.18. The fourth-order valence-electron chi connectivity index (χ4n) is 2.43. The maximum Gasteiger partial charge on any atom is 0.139 e. The molecule has 0 saturated carbocycles. The molecule has 2 aromatic rings. The maximum atomic E-state index is 10.8. The minimum Gasteiger partial charge on any atom is -0.340 e. The summed E-state index contributed by atoms with van der Waals surface area (Å²) in [6.45, 7) is 3.97. The lowest BCUT2D eigenvalue weighted by Crippen LogP contribution is -2.03. The Morgan fingerprint density at radius 2 is 1.75 bits per heavy atom. The van der Waals surface area contributed by atoms with Gasteiger partial charge in [0.25, 0.3) is 0 Å². The third kappa shape index (κ3) is 2.08. The van der Waals surface area contributed by atoms with Crippen molar-refractivity contribution in [2.75, 3.05) is 0 Å². The van der Waals surface area contributed by atoms with E-state index in [1.165, 1.54) is 0 Å². The molecule has 4 nitrogen and oxygen atoms in total. The SMILES string of the molecule is Cc1c(C#N)c(-c2ccc(C#N)cc2)c(C)n1CC=O. The third-order valence-electron chi connectivity index (χ3n) is 3.45. The van der Waals surface area contributed by atoms with Gasteiger partial charge in [-0.1, -0.05) is 12.1 Å². The zero-order valence-corrected chi connectivity index (χ0v) is 11.3. The molecule has 0 amide bonds. The second-order valence-electron chi connectivity index (χ2n) is 4.50. The number of aromatic nitrogens is 1. The summed E-state index contributed by atoms with van der Waals surface area (Å²) >= 11 is 0. The van der Waals surface area contributed by atoms with Crippen LogP contribution in [0, 0.1) is 36.5 Å². The fourth-order valence-corrected chi connectivity index (χ4v) is 2.43. The summed E-state index contributed by atoms with van der Waals surface area (Å²) < 4.78 is 1.83. The van der Waals surface area contributed by atoms with E-state index < -0.39 is 0 Å². The summed E-state index contributed by atoms with van der Waals surface area (Å²) in [5.41, 5.74) is 4.54. The lowest BCUT2D eigenvalue weighted by Gasteiger charge is -2.05. The van der Waals surface area contributed by atoms with Crippen molar-refractivity contribution in [3.63, 3.8) is 0 Å². The van der Waals surface area contributed by atoms with Crippen LogP contribution < -0.4 is 0 Å². The molecule has 1 heterocycles. The highest BCUT2D eigenvalue weighted by Crippen LogP contribution is 2.31. The molecule has 2 rings (SSSR count). The van der Waals surface area contributed by atoms with Crippen molar-refractivity contribution >= 4 is 6.29 Å². The van der Waals surface area contributed by atoms with Gasteiger partial charge < -0.3 is 9.36 Å². The molecule has 20 heavy (non-hydrogen) atoms. The van der Waals surface area contributed by atoms with E-state index in [0.29, 0.717) is 11.1 Å². The number of benzene rings is 1. The number of hydrogen-bond acceptors (Lipinski definition) is 3. The third-order valence-corrected chi connectivity index (χ3v) is 3.45. The maximum absolute atomic E-state index is 10.8. The Morgan fingerprint density at radius 3 is 2.25 bits per heavy atom. The average molecular weight is 263 g/mol. The molecular formula is C16H13N3O. The molecule has 0 fully saturated rings. The van der Waals surface area contributed by atoms with Crippen molar-refractivity contribution in [1.29, 1.82) is 10.5 Å². The van der Waals surface area contributed by atoms with Crippen LogP contribution in [0.3, 0.4) is 0 Å². The molecule has 0 aliphatic rings. The summed E-state index contributed by atoms with van der Waals surface area (Å²) in [6.07, 6.45) is 0.823. The van der Waals surface area contributed by atoms with Gasteiger partial charge >= 0.3 is 0 Å². The molecule has 0 unspecified atom stereocenters. The van der Waals surface area contributed by atoms with Gasteiger partial charge in [0, 0.05) is 17.0 Å². The largest absolute Gasteiger partial charge is 0.340 e. The van der Waals surface area contributed by atoms with Crippen LogP contribution in [0.2, 0.25) is 0 Å². The number of hydrogen-bond donors (Lipinski definition) is 0. The van der Waals surface area contributed by atoms with Gasteiger partial charge in [-0.05, 0) is 31.5 Å². The predicted octanol–water partition coefficient (Wildman–Crippen LogP) is 2.71. The Bertz CT molecular complexity index is 740. The van der Waals surface area contributed by atoms with E-state index in [-0.39, 0.29) is 6.54 Å². The molecule has 0 aliphatic carbocycles. The van der Waals surface area contributed by atoms with Crippen LogP contribution in [0.1, 0.15) is 22.5 Å². The minimum atomic E-state index is 0.239. The molecule has 0 atom stereocenters. The Labute approximate surface area is 117 Å². The second kappa shape index (κ2) is 5.42. The first kappa shape index (κ1) is 13.6. The number of carbonyl (C=O) groups excluding carboxylic acids is 1. The molecule has 98 valence electrons. The van der Waals surface area contributed by atoms with Gasteiger partial charge in [0.1, 0.15) is 12.4 Å². The highest BCUT2D eigenvalue weighted by molar-refractivity contribution is 5.76. The van der Waals surface area contributed by atoms with E-state index in [1.54, 1.807) is 12.1 Å². The molecule has 0 bridgehead atoms. The molecular weight excluding hydrogens is 250 g/mol. The topological polar surface area (TPSA) is 69.6 Å². The first-order chi connectivity index (χ1) is 9.63. The Balaban J connectivity index is 2.67. The number of nitriles is 2. The molecule has 0 aliphatic heterocycles. The predicted molar refractivity (Wildman–Crippen MR) is 74.8 cm³/mol. The number of aldehydes is 1. The van der Waals surface area contributed by atoms with E-state index in [0.717, 1.165) is 28.8 Å². The molecule has 0 spiro atoms. The summed E-state index contributed by atoms with van der Waals surface area (Å²) in [4.78, 5) is 10.8. The van der Waals surface area contributed by atoms with Crippen molar-refractivity contribution in [3.05, 3.63) is 46.8 Å². The van der Waals surface area contributed by atoms with Gasteiger partial charge in [-0.2, -0.15) is 10.5 Å². The number of rotatable bonds is 3. The normalized spacial score (nSPS) is 9.80. The van der Waals surface area contributed by atoms with Crippen molar-refractivity contribution in [1.82, 2.24) is 4.57 Å². The van der Waals surface area contributed by atoms with E-state index in [4.69, 9.17) is 5.26 Å². The van der Waals surface area contributed by atoms with Crippen LogP contribution in [0.4, 0.5) is 0 Å². The van der Waals surface area contributed by atoms with Crippen LogP contribution in [0.15, 0.2) is 24.3 Å².